The summed E-state index contributed by atoms with van der Waals surface area (Å²) >= 11 is 0. The van der Waals surface area contributed by atoms with Crippen molar-refractivity contribution in [1.29, 1.82) is 0 Å². The van der Waals surface area contributed by atoms with Crippen molar-refractivity contribution in [1.82, 2.24) is 0 Å². The summed E-state index contributed by atoms with van der Waals surface area (Å²) in [5.41, 5.74) is 0. The van der Waals surface area contributed by atoms with Crippen LogP contribution in [0.15, 0.2) is 182 Å². The predicted octanol–water partition coefficient (Wildman–Crippen LogP) is 2.77. The average molecular weight is 613 g/mol. The fourth-order valence-electron chi connectivity index (χ4n) is 5.56. The van der Waals surface area contributed by atoms with Crippen molar-refractivity contribution in [3.8, 4) is 0 Å². The molecule has 0 aliphatic rings. The van der Waals surface area contributed by atoms with Gasteiger partial charge in [-0.1, -0.05) is 182 Å². The zero-order chi connectivity index (χ0) is 29.6. The van der Waals surface area contributed by atoms with Crippen molar-refractivity contribution < 1.29 is 17.8 Å². The van der Waals surface area contributed by atoms with E-state index in [1.165, 1.54) is 0 Å². The normalized spacial score (nSPS) is 12.1. The summed E-state index contributed by atoms with van der Waals surface area (Å²) in [5.74, 6) is 0. The lowest BCUT2D eigenvalue weighted by molar-refractivity contribution is 0.238. The van der Waals surface area contributed by atoms with Crippen LogP contribution >= 0.6 is 0 Å². The smallest absolute Gasteiger partial charge is 0.419 e. The highest BCUT2D eigenvalue weighted by Gasteiger charge is 2.58. The van der Waals surface area contributed by atoms with Crippen molar-refractivity contribution in [3.63, 3.8) is 0 Å². The SMILES string of the molecule is O[Si](O)(O[Si](O[Si](c1ccccc1)(c1ccccc1)c1ccccc1)(c1ccccc1)c1ccccc1)c1ccccc1. The van der Waals surface area contributed by atoms with Crippen LogP contribution in [0.3, 0.4) is 0 Å². The van der Waals surface area contributed by atoms with Gasteiger partial charge in [-0.3, -0.25) is 0 Å². The first-order valence-corrected chi connectivity index (χ1v) is 19.8. The molecule has 0 unspecified atom stereocenters. The molecule has 0 bridgehead atoms. The molecule has 6 rings (SSSR count). The average Bonchev–Trinajstić information content (AvgIpc) is 3.09. The summed E-state index contributed by atoms with van der Waals surface area (Å²) < 4.78 is 14.8. The molecule has 4 nitrogen and oxygen atoms in total. The monoisotopic (exact) mass is 612 g/mol. The fraction of sp³-hybridized carbons (Fsp3) is 0. The van der Waals surface area contributed by atoms with E-state index in [0.717, 1.165) is 25.9 Å². The Morgan fingerprint density at radius 2 is 0.558 bits per heavy atom. The number of rotatable bonds is 10. The number of benzene rings is 6. The molecular weight excluding hydrogens is 581 g/mol. The zero-order valence-electron chi connectivity index (χ0n) is 23.5. The van der Waals surface area contributed by atoms with Crippen LogP contribution in [0.25, 0.3) is 0 Å². The van der Waals surface area contributed by atoms with E-state index in [1.807, 2.05) is 121 Å². The second kappa shape index (κ2) is 12.6. The molecule has 6 aromatic carbocycles. The highest BCUT2D eigenvalue weighted by molar-refractivity contribution is 7.14. The Morgan fingerprint density at radius 1 is 0.302 bits per heavy atom. The molecule has 0 amide bonds. The van der Waals surface area contributed by atoms with Gasteiger partial charge in [-0.05, 0) is 25.9 Å². The maximum Gasteiger partial charge on any atom is 0.523 e. The summed E-state index contributed by atoms with van der Waals surface area (Å²) in [4.78, 5) is 23.8. The molecule has 0 saturated carbocycles. The second-order valence-electron chi connectivity index (χ2n) is 10.3. The maximum absolute atomic E-state index is 11.9. The lowest BCUT2D eigenvalue weighted by Gasteiger charge is -2.44. The predicted molar refractivity (Wildman–Crippen MR) is 180 cm³/mol. The Bertz CT molecular complexity index is 1590. The Hall–Kier alpha value is -4.19. The summed E-state index contributed by atoms with van der Waals surface area (Å²) in [5, 5.41) is 5.02. The van der Waals surface area contributed by atoms with Gasteiger partial charge in [0.2, 0.25) is 0 Å². The Kier molecular flexibility index (Phi) is 8.46. The first kappa shape index (κ1) is 28.9. The molecule has 212 valence electrons. The molecule has 0 aromatic heterocycles. The van der Waals surface area contributed by atoms with Crippen LogP contribution in [-0.2, 0) is 8.23 Å². The molecule has 0 fully saturated rings. The minimum absolute atomic E-state index is 0.355. The zero-order valence-corrected chi connectivity index (χ0v) is 26.5. The highest BCUT2D eigenvalue weighted by atomic mass is 28.5. The van der Waals surface area contributed by atoms with Crippen molar-refractivity contribution >= 4 is 56.8 Å². The molecule has 0 aliphatic carbocycles. The molecule has 7 heteroatoms. The van der Waals surface area contributed by atoms with E-state index in [9.17, 15) is 9.59 Å². The quantitative estimate of drug-likeness (QED) is 0.185. The molecule has 6 aromatic rings. The van der Waals surface area contributed by atoms with E-state index in [-0.39, 0.29) is 0 Å². The van der Waals surface area contributed by atoms with Gasteiger partial charge in [0.25, 0.3) is 8.32 Å². The van der Waals surface area contributed by atoms with Gasteiger partial charge in [-0.2, -0.15) is 0 Å². The Labute approximate surface area is 255 Å². The second-order valence-corrected chi connectivity index (χ2v) is 19.2. The Balaban J connectivity index is 1.70. The van der Waals surface area contributed by atoms with Gasteiger partial charge in [-0.15, -0.1) is 0 Å². The van der Waals surface area contributed by atoms with E-state index < -0.39 is 25.7 Å². The lowest BCUT2D eigenvalue weighted by Crippen LogP contribution is -2.80. The van der Waals surface area contributed by atoms with Crippen molar-refractivity contribution in [2.75, 3.05) is 0 Å². The molecule has 0 atom stereocenters. The first-order valence-electron chi connectivity index (χ1n) is 14.2. The van der Waals surface area contributed by atoms with Crippen molar-refractivity contribution in [3.05, 3.63) is 182 Å². The van der Waals surface area contributed by atoms with Gasteiger partial charge in [0.1, 0.15) is 0 Å². The van der Waals surface area contributed by atoms with E-state index in [1.54, 1.807) is 24.3 Å². The van der Waals surface area contributed by atoms with Gasteiger partial charge >= 0.3 is 17.4 Å². The van der Waals surface area contributed by atoms with Crippen LogP contribution < -0.4 is 31.1 Å². The molecule has 0 aliphatic heterocycles. The van der Waals surface area contributed by atoms with Crippen molar-refractivity contribution in [2.45, 2.75) is 0 Å². The summed E-state index contributed by atoms with van der Waals surface area (Å²) in [6, 6.07) is 59.3. The van der Waals surface area contributed by atoms with Crippen LogP contribution in [0.2, 0.25) is 0 Å². The fourth-order valence-corrected chi connectivity index (χ4v) is 18.4. The van der Waals surface area contributed by atoms with Gasteiger partial charge in [0.15, 0.2) is 0 Å². The third kappa shape index (κ3) is 5.75. The lowest BCUT2D eigenvalue weighted by atomic mass is 10.3. The number of hydrogen-bond acceptors (Lipinski definition) is 4. The van der Waals surface area contributed by atoms with Gasteiger partial charge in [0.05, 0.1) is 0 Å². The Morgan fingerprint density at radius 3 is 0.860 bits per heavy atom. The minimum atomic E-state index is -4.52. The summed E-state index contributed by atoms with van der Waals surface area (Å²) in [7, 11) is -11.8. The van der Waals surface area contributed by atoms with Crippen LogP contribution in [-0.4, -0.2) is 35.3 Å². The van der Waals surface area contributed by atoms with Crippen LogP contribution in [0.5, 0.6) is 0 Å². The van der Waals surface area contributed by atoms with E-state index in [2.05, 4.69) is 36.4 Å². The topological polar surface area (TPSA) is 58.9 Å². The van der Waals surface area contributed by atoms with Crippen molar-refractivity contribution in [2.24, 2.45) is 0 Å². The third-order valence-electron chi connectivity index (χ3n) is 7.58. The van der Waals surface area contributed by atoms with Gasteiger partial charge in [0, 0.05) is 5.19 Å². The molecule has 0 saturated heterocycles. The molecule has 0 radical (unpaired) electrons. The first-order chi connectivity index (χ1) is 21.0. The van der Waals surface area contributed by atoms with E-state index in [0.29, 0.717) is 5.19 Å². The van der Waals surface area contributed by atoms with Crippen LogP contribution in [0.1, 0.15) is 0 Å². The molecule has 43 heavy (non-hydrogen) atoms. The van der Waals surface area contributed by atoms with Gasteiger partial charge < -0.3 is 17.8 Å². The number of hydrogen-bond donors (Lipinski definition) is 2. The van der Waals surface area contributed by atoms with Crippen LogP contribution in [0, 0.1) is 0 Å². The van der Waals surface area contributed by atoms with Gasteiger partial charge in [-0.25, -0.2) is 0 Å². The standard InChI is InChI=1S/C36H32O4Si3/c37-43(38,36-29-17-6-18-30-36)40-42(34-25-13-4-14-26-34,35-27-15-5-16-28-35)39-41(31-19-7-1-8-20-31,32-21-9-2-10-22-32)33-23-11-3-12-24-33/h1-30,37-38H. The summed E-state index contributed by atoms with van der Waals surface area (Å²) in [6.07, 6.45) is 0. The molecule has 0 heterocycles. The minimum Gasteiger partial charge on any atom is -0.419 e. The molecule has 2 N–H and O–H groups in total. The van der Waals surface area contributed by atoms with E-state index in [4.69, 9.17) is 8.23 Å². The third-order valence-corrected chi connectivity index (χ3v) is 19.0. The highest BCUT2D eigenvalue weighted by Crippen LogP contribution is 2.22. The molecule has 0 spiro atoms. The van der Waals surface area contributed by atoms with Crippen LogP contribution in [0.4, 0.5) is 0 Å². The van der Waals surface area contributed by atoms with E-state index >= 15 is 0 Å². The summed E-state index contributed by atoms with van der Waals surface area (Å²) in [6.45, 7) is 0. The maximum atomic E-state index is 11.9. The largest absolute Gasteiger partial charge is 0.523 e. The molecular formula is C36H32O4Si3.